The van der Waals surface area contributed by atoms with Crippen LogP contribution in [0.15, 0.2) is 41.8 Å². The molecule has 1 aromatic carbocycles. The Balaban J connectivity index is 1.39. The molecule has 4 nitrogen and oxygen atoms in total. The van der Waals surface area contributed by atoms with Crippen molar-refractivity contribution in [2.24, 2.45) is 5.92 Å². The van der Waals surface area contributed by atoms with Crippen LogP contribution < -0.4 is 4.74 Å². The van der Waals surface area contributed by atoms with E-state index in [2.05, 4.69) is 17.0 Å². The molecule has 1 aliphatic rings. The first-order valence-electron chi connectivity index (χ1n) is 9.76. The SMILES string of the molecule is COc1ccccc1CCN1CCC(CN(C)C(=O)Cc2cccs2)CC1. The minimum absolute atomic E-state index is 0.232. The van der Waals surface area contributed by atoms with Crippen molar-refractivity contribution < 1.29 is 9.53 Å². The first-order chi connectivity index (χ1) is 13.2. The molecule has 1 aromatic heterocycles. The maximum Gasteiger partial charge on any atom is 0.227 e. The summed E-state index contributed by atoms with van der Waals surface area (Å²) in [5.74, 6) is 1.83. The van der Waals surface area contributed by atoms with Crippen molar-refractivity contribution >= 4 is 17.2 Å². The summed E-state index contributed by atoms with van der Waals surface area (Å²) in [7, 11) is 3.69. The van der Waals surface area contributed by atoms with Crippen LogP contribution in [0.5, 0.6) is 5.75 Å². The molecule has 0 N–H and O–H groups in total. The van der Waals surface area contributed by atoms with E-state index >= 15 is 0 Å². The highest BCUT2D eigenvalue weighted by Crippen LogP contribution is 2.21. The maximum absolute atomic E-state index is 12.4. The van der Waals surface area contributed by atoms with Crippen molar-refractivity contribution in [1.82, 2.24) is 9.80 Å². The van der Waals surface area contributed by atoms with Gasteiger partial charge in [0.1, 0.15) is 5.75 Å². The summed E-state index contributed by atoms with van der Waals surface area (Å²) in [5, 5.41) is 2.03. The molecule has 0 atom stereocenters. The Hall–Kier alpha value is -1.85. The molecule has 5 heteroatoms. The zero-order valence-electron chi connectivity index (χ0n) is 16.4. The number of thiophene rings is 1. The highest BCUT2D eigenvalue weighted by atomic mass is 32.1. The third kappa shape index (κ3) is 5.81. The Morgan fingerprint density at radius 3 is 2.70 bits per heavy atom. The van der Waals surface area contributed by atoms with Gasteiger partial charge in [-0.15, -0.1) is 11.3 Å². The molecule has 146 valence electrons. The molecule has 0 unspecified atom stereocenters. The largest absolute Gasteiger partial charge is 0.496 e. The van der Waals surface area contributed by atoms with Crippen molar-refractivity contribution in [1.29, 1.82) is 0 Å². The second kappa shape index (κ2) is 9.90. The summed E-state index contributed by atoms with van der Waals surface area (Å²) in [6.45, 7) is 4.18. The molecule has 0 spiro atoms. The van der Waals surface area contributed by atoms with E-state index in [-0.39, 0.29) is 5.91 Å². The van der Waals surface area contributed by atoms with Gasteiger partial charge in [-0.05, 0) is 61.3 Å². The summed E-state index contributed by atoms with van der Waals surface area (Å²) < 4.78 is 5.45. The first-order valence-corrected chi connectivity index (χ1v) is 10.6. The zero-order valence-corrected chi connectivity index (χ0v) is 17.2. The van der Waals surface area contributed by atoms with Gasteiger partial charge in [-0.1, -0.05) is 24.3 Å². The molecule has 27 heavy (non-hydrogen) atoms. The van der Waals surface area contributed by atoms with E-state index in [4.69, 9.17) is 4.74 Å². The summed E-state index contributed by atoms with van der Waals surface area (Å²) in [4.78, 5) is 18.0. The Bertz CT molecular complexity index is 709. The molecule has 1 amide bonds. The molecule has 2 heterocycles. The average molecular weight is 387 g/mol. The highest BCUT2D eigenvalue weighted by molar-refractivity contribution is 7.10. The van der Waals surface area contributed by atoms with Crippen LogP contribution in [0.2, 0.25) is 0 Å². The van der Waals surface area contributed by atoms with Crippen LogP contribution in [0.25, 0.3) is 0 Å². The monoisotopic (exact) mass is 386 g/mol. The van der Waals surface area contributed by atoms with Crippen molar-refractivity contribution in [2.75, 3.05) is 40.3 Å². The number of nitrogens with zero attached hydrogens (tertiary/aromatic N) is 2. The number of likely N-dealkylation sites (N-methyl/N-ethyl adjacent to an activating group) is 1. The van der Waals surface area contributed by atoms with E-state index in [0.29, 0.717) is 12.3 Å². The lowest BCUT2D eigenvalue weighted by Gasteiger charge is -2.34. The van der Waals surface area contributed by atoms with E-state index in [1.807, 2.05) is 41.6 Å². The van der Waals surface area contributed by atoms with Crippen LogP contribution in [-0.2, 0) is 17.6 Å². The van der Waals surface area contributed by atoms with E-state index in [0.717, 1.165) is 43.2 Å². The number of piperidine rings is 1. The number of rotatable bonds is 8. The summed E-state index contributed by atoms with van der Waals surface area (Å²) in [6, 6.07) is 12.3. The quantitative estimate of drug-likeness (QED) is 0.693. The highest BCUT2D eigenvalue weighted by Gasteiger charge is 2.22. The Morgan fingerprint density at radius 1 is 1.22 bits per heavy atom. The fourth-order valence-corrected chi connectivity index (χ4v) is 4.46. The third-order valence-electron chi connectivity index (χ3n) is 5.46. The van der Waals surface area contributed by atoms with Crippen molar-refractivity contribution in [3.05, 3.63) is 52.2 Å². The van der Waals surface area contributed by atoms with Crippen LogP contribution in [0.3, 0.4) is 0 Å². The van der Waals surface area contributed by atoms with Gasteiger partial charge in [-0.3, -0.25) is 4.79 Å². The molecular formula is C22H30N2O2S. The molecule has 0 bridgehead atoms. The number of ether oxygens (including phenoxy) is 1. The molecular weight excluding hydrogens is 356 g/mol. The summed E-state index contributed by atoms with van der Waals surface area (Å²) in [5.41, 5.74) is 1.28. The van der Waals surface area contributed by atoms with E-state index in [9.17, 15) is 4.79 Å². The van der Waals surface area contributed by atoms with Crippen molar-refractivity contribution in [3.63, 3.8) is 0 Å². The van der Waals surface area contributed by atoms with Gasteiger partial charge < -0.3 is 14.5 Å². The normalized spacial score (nSPS) is 15.6. The van der Waals surface area contributed by atoms with Gasteiger partial charge in [-0.2, -0.15) is 0 Å². The van der Waals surface area contributed by atoms with Crippen LogP contribution >= 0.6 is 11.3 Å². The lowest BCUT2D eigenvalue weighted by atomic mass is 9.96. The lowest BCUT2D eigenvalue weighted by Crippen LogP contribution is -2.40. The van der Waals surface area contributed by atoms with E-state index < -0.39 is 0 Å². The number of carbonyl (C=O) groups is 1. The van der Waals surface area contributed by atoms with Gasteiger partial charge in [0.2, 0.25) is 5.91 Å². The Labute approximate surface area is 166 Å². The number of hydrogen-bond acceptors (Lipinski definition) is 4. The van der Waals surface area contributed by atoms with E-state index in [1.54, 1.807) is 18.4 Å². The Kier molecular flexibility index (Phi) is 7.30. The second-order valence-corrected chi connectivity index (χ2v) is 8.41. The van der Waals surface area contributed by atoms with Crippen LogP contribution in [-0.4, -0.2) is 56.0 Å². The molecule has 1 saturated heterocycles. The van der Waals surface area contributed by atoms with Crippen molar-refractivity contribution in [3.8, 4) is 5.75 Å². The van der Waals surface area contributed by atoms with Crippen LogP contribution in [0.4, 0.5) is 0 Å². The lowest BCUT2D eigenvalue weighted by molar-refractivity contribution is -0.129. The molecule has 1 fully saturated rings. The summed E-state index contributed by atoms with van der Waals surface area (Å²) >= 11 is 1.66. The predicted molar refractivity (Wildman–Crippen MR) is 112 cm³/mol. The number of benzene rings is 1. The summed E-state index contributed by atoms with van der Waals surface area (Å²) in [6.07, 6.45) is 3.89. The third-order valence-corrected chi connectivity index (χ3v) is 6.34. The van der Waals surface area contributed by atoms with Crippen LogP contribution in [0, 0.1) is 5.92 Å². The minimum atomic E-state index is 0.232. The topological polar surface area (TPSA) is 32.8 Å². The maximum atomic E-state index is 12.4. The molecule has 0 aliphatic carbocycles. The molecule has 0 radical (unpaired) electrons. The molecule has 2 aromatic rings. The Morgan fingerprint density at radius 2 is 2.00 bits per heavy atom. The first kappa shape index (κ1) is 19.9. The smallest absolute Gasteiger partial charge is 0.227 e. The van der Waals surface area contributed by atoms with Gasteiger partial charge in [0, 0.05) is 25.0 Å². The number of amides is 1. The minimum Gasteiger partial charge on any atom is -0.496 e. The van der Waals surface area contributed by atoms with Crippen molar-refractivity contribution in [2.45, 2.75) is 25.7 Å². The van der Waals surface area contributed by atoms with Gasteiger partial charge in [0.15, 0.2) is 0 Å². The molecule has 0 saturated carbocycles. The van der Waals surface area contributed by atoms with Gasteiger partial charge in [0.05, 0.1) is 13.5 Å². The second-order valence-electron chi connectivity index (χ2n) is 7.38. The predicted octanol–water partition coefficient (Wildman–Crippen LogP) is 3.71. The molecule has 1 aliphatic heterocycles. The number of likely N-dealkylation sites (tertiary alicyclic amines) is 1. The molecule has 3 rings (SSSR count). The number of para-hydroxylation sites is 1. The van der Waals surface area contributed by atoms with Gasteiger partial charge >= 0.3 is 0 Å². The van der Waals surface area contributed by atoms with Gasteiger partial charge in [0.25, 0.3) is 0 Å². The number of carbonyl (C=O) groups excluding carboxylic acids is 1. The number of hydrogen-bond donors (Lipinski definition) is 0. The average Bonchev–Trinajstić information content (AvgIpc) is 3.20. The fraction of sp³-hybridized carbons (Fsp3) is 0.500. The van der Waals surface area contributed by atoms with Crippen LogP contribution in [0.1, 0.15) is 23.3 Å². The standard InChI is InChI=1S/C22H30N2O2S/c1-23(22(25)16-20-7-5-15-27-20)17-18-9-12-24(13-10-18)14-11-19-6-3-4-8-21(19)26-2/h3-8,15,18H,9-14,16-17H2,1-2H3. The zero-order chi connectivity index (χ0) is 19.1. The fourth-order valence-electron chi connectivity index (χ4n) is 3.77. The number of methoxy groups -OCH3 is 1. The van der Waals surface area contributed by atoms with Gasteiger partial charge in [-0.25, -0.2) is 0 Å². The van der Waals surface area contributed by atoms with E-state index in [1.165, 1.54) is 18.4 Å².